The quantitative estimate of drug-likeness (QED) is 0.817. The topological polar surface area (TPSA) is 41.6 Å². The molecule has 1 aliphatic heterocycles. The Morgan fingerprint density at radius 2 is 1.91 bits per heavy atom. The van der Waals surface area contributed by atoms with Gasteiger partial charge in [0.15, 0.2) is 0 Å². The number of nitrogens with one attached hydrogen (secondary N) is 1. The Morgan fingerprint density at radius 3 is 2.57 bits per heavy atom. The SMILES string of the molecule is COCC1(CNC(=O)C2CCCN(C3CCCCC3)C2)CCC1. The van der Waals surface area contributed by atoms with Gasteiger partial charge in [-0.05, 0) is 45.1 Å². The molecule has 4 nitrogen and oxygen atoms in total. The Bertz CT molecular complexity index is 389. The van der Waals surface area contributed by atoms with Crippen LogP contribution in [0.15, 0.2) is 0 Å². The Morgan fingerprint density at radius 1 is 1.13 bits per heavy atom. The largest absolute Gasteiger partial charge is 0.384 e. The number of ether oxygens (including phenoxy) is 1. The maximum absolute atomic E-state index is 12.6. The van der Waals surface area contributed by atoms with E-state index in [2.05, 4.69) is 10.2 Å². The van der Waals surface area contributed by atoms with E-state index in [9.17, 15) is 4.79 Å². The minimum absolute atomic E-state index is 0.199. The number of likely N-dealkylation sites (tertiary alicyclic amines) is 1. The number of piperidine rings is 1. The van der Waals surface area contributed by atoms with Gasteiger partial charge in [0, 0.05) is 31.7 Å². The predicted octanol–water partition coefficient (Wildman–Crippen LogP) is 2.96. The van der Waals surface area contributed by atoms with Crippen molar-refractivity contribution in [2.24, 2.45) is 11.3 Å². The molecular weight excluding hydrogens is 288 g/mol. The summed E-state index contributed by atoms with van der Waals surface area (Å²) in [5.41, 5.74) is 0.224. The lowest BCUT2D eigenvalue weighted by molar-refractivity contribution is -0.128. The van der Waals surface area contributed by atoms with E-state index in [0.29, 0.717) is 0 Å². The highest BCUT2D eigenvalue weighted by Gasteiger charge is 2.38. The van der Waals surface area contributed by atoms with Crippen LogP contribution in [-0.2, 0) is 9.53 Å². The Hall–Kier alpha value is -0.610. The molecule has 3 aliphatic rings. The summed E-state index contributed by atoms with van der Waals surface area (Å²) in [6, 6.07) is 0.741. The molecule has 0 radical (unpaired) electrons. The first kappa shape index (κ1) is 17.2. The van der Waals surface area contributed by atoms with Crippen LogP contribution in [0.3, 0.4) is 0 Å². The molecule has 0 spiro atoms. The highest BCUT2D eigenvalue weighted by molar-refractivity contribution is 5.79. The maximum atomic E-state index is 12.6. The third-order valence-corrected chi connectivity index (χ3v) is 6.42. The van der Waals surface area contributed by atoms with Crippen LogP contribution >= 0.6 is 0 Å². The molecular formula is C19H34N2O2. The minimum atomic E-state index is 0.199. The average Bonchev–Trinajstić information content (AvgIpc) is 2.58. The molecule has 3 fully saturated rings. The van der Waals surface area contributed by atoms with Gasteiger partial charge in [0.2, 0.25) is 5.91 Å². The molecule has 1 unspecified atom stereocenters. The van der Waals surface area contributed by atoms with Crippen LogP contribution in [0.25, 0.3) is 0 Å². The predicted molar refractivity (Wildman–Crippen MR) is 92.3 cm³/mol. The summed E-state index contributed by atoms with van der Waals surface area (Å²) in [7, 11) is 1.77. The second kappa shape index (κ2) is 7.98. The van der Waals surface area contributed by atoms with Crippen LogP contribution in [0.1, 0.15) is 64.2 Å². The first-order valence-corrected chi connectivity index (χ1v) is 9.73. The first-order valence-electron chi connectivity index (χ1n) is 9.73. The molecule has 1 heterocycles. The van der Waals surface area contributed by atoms with Gasteiger partial charge in [-0.25, -0.2) is 0 Å². The van der Waals surface area contributed by atoms with Crippen LogP contribution in [0, 0.1) is 11.3 Å². The van der Waals surface area contributed by atoms with Crippen LogP contribution in [0.2, 0.25) is 0 Å². The molecule has 1 N–H and O–H groups in total. The number of hydrogen-bond donors (Lipinski definition) is 1. The molecule has 1 saturated heterocycles. The Kier molecular flexibility index (Phi) is 5.97. The smallest absolute Gasteiger partial charge is 0.224 e. The summed E-state index contributed by atoms with van der Waals surface area (Å²) in [4.78, 5) is 15.3. The van der Waals surface area contributed by atoms with E-state index < -0.39 is 0 Å². The molecule has 2 aliphatic carbocycles. The summed E-state index contributed by atoms with van der Waals surface area (Å²) in [5, 5.41) is 3.26. The summed E-state index contributed by atoms with van der Waals surface area (Å²) >= 11 is 0. The van der Waals surface area contributed by atoms with E-state index in [1.165, 1.54) is 64.3 Å². The molecule has 2 saturated carbocycles. The zero-order valence-electron chi connectivity index (χ0n) is 14.8. The number of carbonyl (C=O) groups is 1. The zero-order chi connectivity index (χ0) is 16.1. The van der Waals surface area contributed by atoms with Crippen molar-refractivity contribution >= 4 is 5.91 Å². The van der Waals surface area contributed by atoms with Gasteiger partial charge in [-0.3, -0.25) is 9.69 Å². The van der Waals surface area contributed by atoms with Gasteiger partial charge >= 0.3 is 0 Å². The molecule has 0 aromatic rings. The third kappa shape index (κ3) is 4.27. The molecule has 23 heavy (non-hydrogen) atoms. The van der Waals surface area contributed by atoms with Gasteiger partial charge in [-0.2, -0.15) is 0 Å². The van der Waals surface area contributed by atoms with Gasteiger partial charge in [0.25, 0.3) is 0 Å². The molecule has 4 heteroatoms. The third-order valence-electron chi connectivity index (χ3n) is 6.42. The minimum Gasteiger partial charge on any atom is -0.384 e. The second-order valence-electron chi connectivity index (χ2n) is 8.13. The lowest BCUT2D eigenvalue weighted by atomic mass is 9.69. The van der Waals surface area contributed by atoms with E-state index in [1.807, 2.05) is 0 Å². The van der Waals surface area contributed by atoms with Crippen molar-refractivity contribution in [1.29, 1.82) is 0 Å². The Balaban J connectivity index is 1.46. The van der Waals surface area contributed by atoms with Crippen LogP contribution in [0.5, 0.6) is 0 Å². The van der Waals surface area contributed by atoms with Crippen molar-refractivity contribution in [1.82, 2.24) is 10.2 Å². The van der Waals surface area contributed by atoms with Crippen molar-refractivity contribution in [3.8, 4) is 0 Å². The standard InChI is InChI=1S/C19H34N2O2/c1-23-15-19(10-6-11-19)14-20-18(22)16-7-5-12-21(13-16)17-8-3-2-4-9-17/h16-17H,2-15H2,1H3,(H,20,22). The fraction of sp³-hybridized carbons (Fsp3) is 0.947. The normalized spacial score (nSPS) is 29.0. The van der Waals surface area contributed by atoms with Crippen LogP contribution in [-0.4, -0.2) is 50.2 Å². The highest BCUT2D eigenvalue weighted by atomic mass is 16.5. The van der Waals surface area contributed by atoms with Crippen molar-refractivity contribution in [2.75, 3.05) is 33.4 Å². The van der Waals surface area contributed by atoms with E-state index in [-0.39, 0.29) is 17.2 Å². The van der Waals surface area contributed by atoms with Gasteiger partial charge in [0.1, 0.15) is 0 Å². The van der Waals surface area contributed by atoms with Gasteiger partial charge in [-0.1, -0.05) is 25.7 Å². The molecule has 1 atom stereocenters. The summed E-state index contributed by atoms with van der Waals surface area (Å²) in [6.45, 7) is 3.77. The fourth-order valence-corrected chi connectivity index (χ4v) is 4.77. The number of methoxy groups -OCH3 is 1. The molecule has 1 amide bonds. The van der Waals surface area contributed by atoms with Gasteiger partial charge in [0.05, 0.1) is 12.5 Å². The van der Waals surface area contributed by atoms with E-state index in [1.54, 1.807) is 7.11 Å². The monoisotopic (exact) mass is 322 g/mol. The van der Waals surface area contributed by atoms with Crippen molar-refractivity contribution in [2.45, 2.75) is 70.3 Å². The molecule has 132 valence electrons. The van der Waals surface area contributed by atoms with Crippen molar-refractivity contribution in [3.05, 3.63) is 0 Å². The first-order chi connectivity index (χ1) is 11.2. The molecule has 0 aromatic heterocycles. The van der Waals surface area contributed by atoms with Crippen LogP contribution in [0.4, 0.5) is 0 Å². The summed E-state index contributed by atoms with van der Waals surface area (Å²) in [6.07, 6.45) is 12.7. The molecule has 0 aromatic carbocycles. The van der Waals surface area contributed by atoms with Crippen molar-refractivity contribution < 1.29 is 9.53 Å². The van der Waals surface area contributed by atoms with Crippen LogP contribution < -0.4 is 5.32 Å². The summed E-state index contributed by atoms with van der Waals surface area (Å²) in [5.74, 6) is 0.484. The van der Waals surface area contributed by atoms with E-state index in [4.69, 9.17) is 4.74 Å². The lowest BCUT2D eigenvalue weighted by Crippen LogP contribution is -2.50. The van der Waals surface area contributed by atoms with E-state index >= 15 is 0 Å². The average molecular weight is 322 g/mol. The molecule has 0 bridgehead atoms. The number of nitrogens with zero attached hydrogens (tertiary/aromatic N) is 1. The summed E-state index contributed by atoms with van der Waals surface area (Å²) < 4.78 is 5.36. The van der Waals surface area contributed by atoms with Crippen molar-refractivity contribution in [3.63, 3.8) is 0 Å². The molecule has 3 rings (SSSR count). The van der Waals surface area contributed by atoms with E-state index in [0.717, 1.165) is 32.2 Å². The second-order valence-corrected chi connectivity index (χ2v) is 8.13. The number of rotatable bonds is 6. The zero-order valence-corrected chi connectivity index (χ0v) is 14.8. The number of carbonyl (C=O) groups excluding carboxylic acids is 1. The highest BCUT2D eigenvalue weighted by Crippen LogP contribution is 2.40. The number of amides is 1. The lowest BCUT2D eigenvalue weighted by Gasteiger charge is -2.42. The maximum Gasteiger partial charge on any atom is 0.224 e. The van der Waals surface area contributed by atoms with Gasteiger partial charge < -0.3 is 10.1 Å². The number of hydrogen-bond acceptors (Lipinski definition) is 3. The van der Waals surface area contributed by atoms with Gasteiger partial charge in [-0.15, -0.1) is 0 Å². The fourth-order valence-electron chi connectivity index (χ4n) is 4.77. The Labute approximate surface area is 141 Å².